The van der Waals surface area contributed by atoms with Crippen molar-refractivity contribution in [1.29, 1.82) is 0 Å². The maximum atomic E-state index is 6.27. The highest BCUT2D eigenvalue weighted by Crippen LogP contribution is 2.29. The van der Waals surface area contributed by atoms with E-state index in [1.54, 1.807) is 0 Å². The molecule has 0 aliphatic heterocycles. The molecule has 1 aromatic carbocycles. The Kier molecular flexibility index (Phi) is 6.24. The van der Waals surface area contributed by atoms with Gasteiger partial charge in [-0.05, 0) is 56.1 Å². The van der Waals surface area contributed by atoms with E-state index < -0.39 is 0 Å². The standard InChI is InChI=1S/C17H27NOS/c1-13(2)19-16-9-7-15(8-10-16)17(18)12-20-11-14-5-3-4-6-14/h7-10,13-14,17H,3-6,11-12,18H2,1-2H3. The first-order valence-electron chi connectivity index (χ1n) is 7.75. The van der Waals surface area contributed by atoms with Gasteiger partial charge in [0, 0.05) is 11.8 Å². The van der Waals surface area contributed by atoms with Gasteiger partial charge in [-0.3, -0.25) is 0 Å². The van der Waals surface area contributed by atoms with Crippen LogP contribution < -0.4 is 10.5 Å². The second-order valence-electron chi connectivity index (χ2n) is 6.03. The van der Waals surface area contributed by atoms with E-state index in [4.69, 9.17) is 10.5 Å². The lowest BCUT2D eigenvalue weighted by molar-refractivity contribution is 0.242. The summed E-state index contributed by atoms with van der Waals surface area (Å²) >= 11 is 2.01. The van der Waals surface area contributed by atoms with Gasteiger partial charge in [0.2, 0.25) is 0 Å². The van der Waals surface area contributed by atoms with Crippen LogP contribution in [0.15, 0.2) is 24.3 Å². The van der Waals surface area contributed by atoms with Crippen molar-refractivity contribution in [3.8, 4) is 5.75 Å². The van der Waals surface area contributed by atoms with E-state index in [0.29, 0.717) is 0 Å². The van der Waals surface area contributed by atoms with Gasteiger partial charge in [0.1, 0.15) is 5.75 Å². The minimum absolute atomic E-state index is 0.134. The van der Waals surface area contributed by atoms with E-state index in [1.165, 1.54) is 37.0 Å². The fourth-order valence-electron chi connectivity index (χ4n) is 2.70. The van der Waals surface area contributed by atoms with Crippen molar-refractivity contribution in [2.24, 2.45) is 11.7 Å². The molecule has 2 N–H and O–H groups in total. The van der Waals surface area contributed by atoms with Gasteiger partial charge in [-0.25, -0.2) is 0 Å². The van der Waals surface area contributed by atoms with Crippen molar-refractivity contribution >= 4 is 11.8 Å². The van der Waals surface area contributed by atoms with Crippen LogP contribution in [0.2, 0.25) is 0 Å². The van der Waals surface area contributed by atoms with Crippen LogP contribution in [0, 0.1) is 5.92 Å². The first-order chi connectivity index (χ1) is 9.65. The van der Waals surface area contributed by atoms with Crippen LogP contribution in [0.25, 0.3) is 0 Å². The minimum atomic E-state index is 0.134. The normalized spacial score (nSPS) is 17.6. The molecule has 1 atom stereocenters. The molecule has 1 saturated carbocycles. The van der Waals surface area contributed by atoms with Crippen LogP contribution in [0.3, 0.4) is 0 Å². The number of nitrogens with two attached hydrogens (primary N) is 1. The molecule has 0 radical (unpaired) electrons. The van der Waals surface area contributed by atoms with Gasteiger partial charge < -0.3 is 10.5 Å². The molecule has 0 bridgehead atoms. The topological polar surface area (TPSA) is 35.2 Å². The molecule has 1 aliphatic carbocycles. The summed E-state index contributed by atoms with van der Waals surface area (Å²) in [6.45, 7) is 4.08. The molecule has 20 heavy (non-hydrogen) atoms. The van der Waals surface area contributed by atoms with Gasteiger partial charge in [-0.1, -0.05) is 25.0 Å². The van der Waals surface area contributed by atoms with E-state index in [2.05, 4.69) is 12.1 Å². The predicted octanol–water partition coefficient (Wildman–Crippen LogP) is 4.40. The molecule has 1 aromatic rings. The fourth-order valence-corrected chi connectivity index (χ4v) is 3.95. The molecule has 0 spiro atoms. The quantitative estimate of drug-likeness (QED) is 0.809. The lowest BCUT2D eigenvalue weighted by atomic mass is 10.1. The fraction of sp³-hybridized carbons (Fsp3) is 0.647. The molecule has 1 aliphatic rings. The summed E-state index contributed by atoms with van der Waals surface area (Å²) in [5, 5.41) is 0. The van der Waals surface area contributed by atoms with Gasteiger partial charge in [0.05, 0.1) is 6.10 Å². The van der Waals surface area contributed by atoms with E-state index in [9.17, 15) is 0 Å². The second-order valence-corrected chi connectivity index (χ2v) is 7.10. The summed E-state index contributed by atoms with van der Waals surface area (Å²) in [4.78, 5) is 0. The molecule has 0 saturated heterocycles. The SMILES string of the molecule is CC(C)Oc1ccc(C(N)CSCC2CCCC2)cc1. The Morgan fingerprint density at radius 2 is 1.85 bits per heavy atom. The molecular formula is C17H27NOS. The Morgan fingerprint density at radius 3 is 2.45 bits per heavy atom. The summed E-state index contributed by atoms with van der Waals surface area (Å²) < 4.78 is 5.65. The molecule has 0 aromatic heterocycles. The number of ether oxygens (including phenoxy) is 1. The molecule has 1 fully saturated rings. The number of hydrogen-bond acceptors (Lipinski definition) is 3. The van der Waals surface area contributed by atoms with Crippen LogP contribution in [-0.2, 0) is 0 Å². The minimum Gasteiger partial charge on any atom is -0.491 e. The summed E-state index contributed by atoms with van der Waals surface area (Å²) in [5.41, 5.74) is 7.48. The highest BCUT2D eigenvalue weighted by atomic mass is 32.2. The van der Waals surface area contributed by atoms with Crippen molar-refractivity contribution in [3.63, 3.8) is 0 Å². The van der Waals surface area contributed by atoms with E-state index in [0.717, 1.165) is 17.4 Å². The third-order valence-electron chi connectivity index (χ3n) is 3.81. The molecule has 0 amide bonds. The van der Waals surface area contributed by atoms with Crippen LogP contribution in [0.1, 0.15) is 51.1 Å². The lowest BCUT2D eigenvalue weighted by Gasteiger charge is -2.15. The Balaban J connectivity index is 1.75. The Morgan fingerprint density at radius 1 is 1.20 bits per heavy atom. The molecular weight excluding hydrogens is 266 g/mol. The highest BCUT2D eigenvalue weighted by Gasteiger charge is 2.15. The third-order valence-corrected chi connectivity index (χ3v) is 5.11. The summed E-state index contributed by atoms with van der Waals surface area (Å²) in [5.74, 6) is 4.16. The highest BCUT2D eigenvalue weighted by molar-refractivity contribution is 7.99. The monoisotopic (exact) mass is 293 g/mol. The van der Waals surface area contributed by atoms with Gasteiger partial charge >= 0.3 is 0 Å². The molecule has 0 heterocycles. The Hall–Kier alpha value is -0.670. The lowest BCUT2D eigenvalue weighted by Crippen LogP contribution is -2.14. The maximum Gasteiger partial charge on any atom is 0.119 e. The third kappa shape index (κ3) is 5.02. The van der Waals surface area contributed by atoms with Gasteiger partial charge in [-0.15, -0.1) is 0 Å². The zero-order valence-electron chi connectivity index (χ0n) is 12.7. The number of rotatable bonds is 7. The number of hydrogen-bond donors (Lipinski definition) is 1. The van der Waals surface area contributed by atoms with Crippen LogP contribution >= 0.6 is 11.8 Å². The van der Waals surface area contributed by atoms with E-state index in [1.807, 2.05) is 37.7 Å². The van der Waals surface area contributed by atoms with E-state index in [-0.39, 0.29) is 12.1 Å². The van der Waals surface area contributed by atoms with Crippen LogP contribution in [-0.4, -0.2) is 17.6 Å². The van der Waals surface area contributed by atoms with Gasteiger partial charge in [0.25, 0.3) is 0 Å². The predicted molar refractivity (Wildman–Crippen MR) is 88.4 cm³/mol. The number of thioether (sulfide) groups is 1. The van der Waals surface area contributed by atoms with Crippen LogP contribution in [0.5, 0.6) is 5.75 Å². The molecule has 3 heteroatoms. The Bertz CT molecular complexity index is 384. The molecule has 2 rings (SSSR count). The first-order valence-corrected chi connectivity index (χ1v) is 8.90. The van der Waals surface area contributed by atoms with Crippen molar-refractivity contribution in [1.82, 2.24) is 0 Å². The second kappa shape index (κ2) is 7.94. The summed E-state index contributed by atoms with van der Waals surface area (Å²) in [6.07, 6.45) is 5.91. The zero-order valence-corrected chi connectivity index (χ0v) is 13.5. The molecule has 1 unspecified atom stereocenters. The summed E-state index contributed by atoms with van der Waals surface area (Å²) in [7, 11) is 0. The Labute approximate surface area is 127 Å². The number of benzene rings is 1. The average molecular weight is 293 g/mol. The maximum absolute atomic E-state index is 6.27. The van der Waals surface area contributed by atoms with Crippen LogP contribution in [0.4, 0.5) is 0 Å². The van der Waals surface area contributed by atoms with Gasteiger partial charge in [0.15, 0.2) is 0 Å². The average Bonchev–Trinajstić information content (AvgIpc) is 2.92. The van der Waals surface area contributed by atoms with Crippen molar-refractivity contribution < 1.29 is 4.74 Å². The van der Waals surface area contributed by atoms with Crippen molar-refractivity contribution in [2.75, 3.05) is 11.5 Å². The first kappa shape index (κ1) is 15.7. The van der Waals surface area contributed by atoms with E-state index >= 15 is 0 Å². The largest absolute Gasteiger partial charge is 0.491 e. The zero-order chi connectivity index (χ0) is 14.4. The molecule has 2 nitrogen and oxygen atoms in total. The summed E-state index contributed by atoms with van der Waals surface area (Å²) in [6, 6.07) is 8.37. The van der Waals surface area contributed by atoms with Gasteiger partial charge in [-0.2, -0.15) is 11.8 Å². The smallest absolute Gasteiger partial charge is 0.119 e. The molecule has 112 valence electrons. The van der Waals surface area contributed by atoms with Crippen molar-refractivity contribution in [2.45, 2.75) is 51.7 Å². The van der Waals surface area contributed by atoms with Crippen molar-refractivity contribution in [3.05, 3.63) is 29.8 Å².